The maximum absolute atomic E-state index is 13.2. The van der Waals surface area contributed by atoms with E-state index in [1.165, 1.54) is 6.92 Å². The normalized spacial score (nSPS) is 21.6. The fraction of sp³-hybridized carbons (Fsp3) is 0.917. The van der Waals surface area contributed by atoms with Gasteiger partial charge in [-0.1, -0.05) is 0 Å². The topological polar surface area (TPSA) is 49.8 Å². The number of alkyl halides is 1. The van der Waals surface area contributed by atoms with Gasteiger partial charge in [-0.25, -0.2) is 4.39 Å². The van der Waals surface area contributed by atoms with Gasteiger partial charge in [-0.05, 0) is 33.6 Å². The highest BCUT2D eigenvalue weighted by Gasteiger charge is 2.38. The fourth-order valence-electron chi connectivity index (χ4n) is 1.87. The number of amides is 1. The van der Waals surface area contributed by atoms with Crippen LogP contribution in [0.2, 0.25) is 0 Å². The molecular formula is C12H22FNO3. The minimum absolute atomic E-state index is 0.0199. The van der Waals surface area contributed by atoms with Crippen LogP contribution in [0.25, 0.3) is 0 Å². The molecule has 1 rings (SSSR count). The van der Waals surface area contributed by atoms with Crippen LogP contribution in [-0.4, -0.2) is 53.5 Å². The number of carbonyl (C=O) groups excluding carboxylic acids is 1. The quantitative estimate of drug-likeness (QED) is 0.810. The van der Waals surface area contributed by atoms with Gasteiger partial charge in [0.15, 0.2) is 0 Å². The van der Waals surface area contributed by atoms with Gasteiger partial charge in [0.05, 0.1) is 11.7 Å². The molecule has 1 fully saturated rings. The molecule has 0 radical (unpaired) electrons. The minimum atomic E-state index is -1.27. The van der Waals surface area contributed by atoms with Gasteiger partial charge in [0.2, 0.25) is 5.91 Å². The van der Waals surface area contributed by atoms with E-state index in [0.29, 0.717) is 13.1 Å². The number of nitrogens with zero attached hydrogens (tertiary/aromatic N) is 1. The van der Waals surface area contributed by atoms with E-state index >= 15 is 0 Å². The highest BCUT2D eigenvalue weighted by Crippen LogP contribution is 2.27. The average Bonchev–Trinajstić information content (AvgIpc) is 2.26. The maximum atomic E-state index is 13.2. The molecule has 1 aliphatic rings. The molecule has 1 aliphatic heterocycles. The highest BCUT2D eigenvalue weighted by molar-refractivity contribution is 5.77. The Hall–Kier alpha value is -0.680. The first-order chi connectivity index (χ1) is 7.85. The van der Waals surface area contributed by atoms with Gasteiger partial charge in [-0.15, -0.1) is 0 Å². The Morgan fingerprint density at radius 1 is 1.41 bits per heavy atom. The Bertz CT molecular complexity index is 260. The van der Waals surface area contributed by atoms with E-state index in [-0.39, 0.29) is 31.5 Å². The molecule has 0 aromatic heterocycles. The third-order valence-electron chi connectivity index (χ3n) is 3.26. The lowest BCUT2D eigenvalue weighted by molar-refractivity contribution is -0.144. The molecule has 1 heterocycles. The molecular weight excluding hydrogens is 225 g/mol. The summed E-state index contributed by atoms with van der Waals surface area (Å²) >= 11 is 0. The highest BCUT2D eigenvalue weighted by atomic mass is 19.1. The van der Waals surface area contributed by atoms with E-state index in [1.807, 2.05) is 13.8 Å². The zero-order valence-corrected chi connectivity index (χ0v) is 10.8. The average molecular weight is 247 g/mol. The number of hydrogen-bond acceptors (Lipinski definition) is 3. The summed E-state index contributed by atoms with van der Waals surface area (Å²) in [5.41, 5.74) is -1.27. The lowest BCUT2D eigenvalue weighted by Crippen LogP contribution is -2.51. The first kappa shape index (κ1) is 14.4. The van der Waals surface area contributed by atoms with Crippen LogP contribution in [-0.2, 0) is 9.53 Å². The number of likely N-dealkylation sites (tertiary alicyclic amines) is 1. The van der Waals surface area contributed by atoms with Crippen LogP contribution in [0, 0.1) is 0 Å². The van der Waals surface area contributed by atoms with E-state index in [0.717, 1.165) is 0 Å². The molecule has 0 spiro atoms. The Morgan fingerprint density at radius 3 is 2.35 bits per heavy atom. The number of halogens is 1. The number of rotatable bonds is 4. The number of carbonyl (C=O) groups is 1. The van der Waals surface area contributed by atoms with E-state index in [1.54, 1.807) is 4.90 Å². The summed E-state index contributed by atoms with van der Waals surface area (Å²) in [5, 5.41) is 9.92. The zero-order chi connectivity index (χ0) is 13.1. The first-order valence-corrected chi connectivity index (χ1v) is 6.11. The van der Waals surface area contributed by atoms with Crippen molar-refractivity contribution in [1.29, 1.82) is 0 Å². The predicted octanol–water partition coefficient (Wildman–Crippen LogP) is 1.12. The summed E-state index contributed by atoms with van der Waals surface area (Å²) in [4.78, 5) is 13.3. The van der Waals surface area contributed by atoms with Crippen LogP contribution in [0.15, 0.2) is 0 Å². The smallest absolute Gasteiger partial charge is 0.248 e. The number of piperidine rings is 1. The molecule has 4 nitrogen and oxygen atoms in total. The van der Waals surface area contributed by atoms with Gasteiger partial charge in [0.25, 0.3) is 0 Å². The van der Waals surface area contributed by atoms with Crippen molar-refractivity contribution >= 4 is 5.91 Å². The fourth-order valence-corrected chi connectivity index (χ4v) is 1.87. The Balaban J connectivity index is 2.39. The zero-order valence-electron chi connectivity index (χ0n) is 10.8. The van der Waals surface area contributed by atoms with Crippen molar-refractivity contribution in [2.24, 2.45) is 0 Å². The molecule has 1 unspecified atom stereocenters. The molecule has 0 aromatic carbocycles. The van der Waals surface area contributed by atoms with E-state index in [2.05, 4.69) is 0 Å². The summed E-state index contributed by atoms with van der Waals surface area (Å²) < 4.78 is 18.4. The predicted molar refractivity (Wildman–Crippen MR) is 62.4 cm³/mol. The van der Waals surface area contributed by atoms with E-state index in [4.69, 9.17) is 4.74 Å². The molecule has 1 atom stereocenters. The van der Waals surface area contributed by atoms with Crippen LogP contribution in [0.4, 0.5) is 4.39 Å². The third-order valence-corrected chi connectivity index (χ3v) is 3.26. The second-order valence-corrected chi connectivity index (χ2v) is 4.96. The Morgan fingerprint density at radius 2 is 1.94 bits per heavy atom. The van der Waals surface area contributed by atoms with Crippen molar-refractivity contribution in [3.8, 4) is 0 Å². The molecule has 0 saturated carbocycles. The molecule has 1 saturated heterocycles. The van der Waals surface area contributed by atoms with Crippen LogP contribution in [0.1, 0.15) is 33.6 Å². The summed E-state index contributed by atoms with van der Waals surface area (Å²) in [6.07, 6.45) is -0.658. The molecule has 0 aromatic rings. The maximum Gasteiger partial charge on any atom is 0.248 e. The largest absolute Gasteiger partial charge is 0.387 e. The SMILES string of the molecule is CC(C)OCC(=O)N1CCC(O)(C(C)F)CC1. The van der Waals surface area contributed by atoms with Gasteiger partial charge < -0.3 is 14.7 Å². The van der Waals surface area contributed by atoms with Crippen LogP contribution in [0.5, 0.6) is 0 Å². The standard InChI is InChI=1S/C12H22FNO3/c1-9(2)17-8-11(15)14-6-4-12(16,5-7-14)10(3)13/h9-10,16H,4-8H2,1-3H3. The van der Waals surface area contributed by atoms with Crippen LogP contribution in [0.3, 0.4) is 0 Å². The van der Waals surface area contributed by atoms with Crippen molar-refractivity contribution in [2.75, 3.05) is 19.7 Å². The lowest BCUT2D eigenvalue weighted by atomic mass is 9.87. The van der Waals surface area contributed by atoms with Crippen molar-refractivity contribution < 1.29 is 19.0 Å². The molecule has 1 amide bonds. The number of ether oxygens (including phenoxy) is 1. The van der Waals surface area contributed by atoms with Gasteiger partial charge in [0.1, 0.15) is 12.8 Å². The summed E-state index contributed by atoms with van der Waals surface area (Å²) in [6.45, 7) is 5.94. The van der Waals surface area contributed by atoms with Gasteiger partial charge in [0, 0.05) is 13.1 Å². The molecule has 1 N–H and O–H groups in total. The third kappa shape index (κ3) is 3.92. The summed E-state index contributed by atoms with van der Waals surface area (Å²) in [6, 6.07) is 0. The molecule has 5 heteroatoms. The van der Waals surface area contributed by atoms with Gasteiger partial charge in [-0.2, -0.15) is 0 Å². The summed E-state index contributed by atoms with van der Waals surface area (Å²) in [7, 11) is 0. The second-order valence-electron chi connectivity index (χ2n) is 4.96. The first-order valence-electron chi connectivity index (χ1n) is 6.11. The van der Waals surface area contributed by atoms with Gasteiger partial charge in [-0.3, -0.25) is 4.79 Å². The monoisotopic (exact) mass is 247 g/mol. The van der Waals surface area contributed by atoms with Gasteiger partial charge >= 0.3 is 0 Å². The second kappa shape index (κ2) is 5.78. The van der Waals surface area contributed by atoms with Crippen LogP contribution >= 0.6 is 0 Å². The van der Waals surface area contributed by atoms with Crippen molar-refractivity contribution in [3.05, 3.63) is 0 Å². The Kier molecular flexibility index (Phi) is 4.89. The minimum Gasteiger partial charge on any atom is -0.387 e. The summed E-state index contributed by atoms with van der Waals surface area (Å²) in [5.74, 6) is -0.0905. The molecule has 0 bridgehead atoms. The molecule has 17 heavy (non-hydrogen) atoms. The van der Waals surface area contributed by atoms with E-state index in [9.17, 15) is 14.3 Å². The Labute approximate surface area is 102 Å². The van der Waals surface area contributed by atoms with Crippen molar-refractivity contribution in [2.45, 2.75) is 51.5 Å². The molecule has 100 valence electrons. The number of hydrogen-bond donors (Lipinski definition) is 1. The van der Waals surface area contributed by atoms with E-state index < -0.39 is 11.8 Å². The number of aliphatic hydroxyl groups is 1. The lowest BCUT2D eigenvalue weighted by Gasteiger charge is -2.39. The van der Waals surface area contributed by atoms with Crippen LogP contribution < -0.4 is 0 Å². The van der Waals surface area contributed by atoms with Crippen molar-refractivity contribution in [1.82, 2.24) is 4.90 Å². The van der Waals surface area contributed by atoms with Crippen molar-refractivity contribution in [3.63, 3.8) is 0 Å². The molecule has 0 aliphatic carbocycles.